The quantitative estimate of drug-likeness (QED) is 0.792. The average molecular weight is 265 g/mol. The summed E-state index contributed by atoms with van der Waals surface area (Å²) in [5, 5.41) is 2.97. The molecule has 1 aliphatic heterocycles. The number of halogens is 2. The Kier molecular flexibility index (Phi) is 3.07. The van der Waals surface area contributed by atoms with E-state index in [2.05, 4.69) is 5.32 Å². The fraction of sp³-hybridized carbons (Fsp3) is 0.333. The Hall–Kier alpha value is -0.820. The first-order valence-corrected chi connectivity index (χ1v) is 7.00. The minimum atomic E-state index is -4.99. The number of hydrogen-bond acceptors (Lipinski definition) is 4. The van der Waals surface area contributed by atoms with Gasteiger partial charge in [-0.25, -0.2) is 4.39 Å². The molecule has 0 saturated carbocycles. The van der Waals surface area contributed by atoms with Gasteiger partial charge in [0, 0.05) is 11.4 Å². The molecule has 1 N–H and O–H groups in total. The fourth-order valence-corrected chi connectivity index (χ4v) is 3.08. The van der Waals surface area contributed by atoms with Gasteiger partial charge < -0.3 is 5.32 Å². The van der Waals surface area contributed by atoms with Gasteiger partial charge in [-0.1, -0.05) is 0 Å². The molecule has 0 radical (unpaired) electrons. The molecule has 0 bridgehead atoms. The summed E-state index contributed by atoms with van der Waals surface area (Å²) in [6, 6.07) is 2.07. The molecular weight excluding hydrogens is 256 g/mol. The number of benzene rings is 1. The van der Waals surface area contributed by atoms with Crippen LogP contribution in [0.25, 0.3) is 0 Å². The van der Waals surface area contributed by atoms with Gasteiger partial charge >= 0.3 is 10.2 Å². The Balaban J connectivity index is 2.56. The molecule has 16 heavy (non-hydrogen) atoms. The molecule has 1 aromatic carbocycles. The van der Waals surface area contributed by atoms with Crippen molar-refractivity contribution in [3.8, 4) is 0 Å². The standard InChI is InChI=1S/C9H9F2NO2S2/c10-6-4-7-8(15-3-1-2-12-7)5-9(6)16(11,13)14/h4-5,12H,1-3H2. The third-order valence-electron chi connectivity index (χ3n) is 2.19. The molecule has 0 atom stereocenters. The van der Waals surface area contributed by atoms with Gasteiger partial charge in [0.1, 0.15) is 10.7 Å². The maximum absolute atomic E-state index is 13.3. The van der Waals surface area contributed by atoms with Crippen molar-refractivity contribution in [2.24, 2.45) is 0 Å². The third-order valence-corrected chi connectivity index (χ3v) is 4.17. The lowest BCUT2D eigenvalue weighted by Crippen LogP contribution is -2.03. The third kappa shape index (κ3) is 2.30. The normalized spacial score (nSPS) is 16.1. The van der Waals surface area contributed by atoms with E-state index in [-0.39, 0.29) is 0 Å². The molecule has 1 aromatic rings. The first-order chi connectivity index (χ1) is 7.48. The molecule has 0 aromatic heterocycles. The number of fused-ring (bicyclic) bond motifs is 1. The van der Waals surface area contributed by atoms with Crippen LogP contribution in [0.3, 0.4) is 0 Å². The highest BCUT2D eigenvalue weighted by Crippen LogP contribution is 2.34. The second-order valence-electron chi connectivity index (χ2n) is 3.35. The number of anilines is 1. The topological polar surface area (TPSA) is 46.2 Å². The highest BCUT2D eigenvalue weighted by atomic mass is 32.3. The molecule has 0 spiro atoms. The summed E-state index contributed by atoms with van der Waals surface area (Å²) >= 11 is 1.39. The van der Waals surface area contributed by atoms with Gasteiger partial charge in [-0.2, -0.15) is 8.42 Å². The van der Waals surface area contributed by atoms with Crippen LogP contribution in [0.2, 0.25) is 0 Å². The van der Waals surface area contributed by atoms with Crippen LogP contribution in [0.4, 0.5) is 14.0 Å². The number of hydrogen-bond donors (Lipinski definition) is 1. The molecule has 0 fully saturated rings. The van der Waals surface area contributed by atoms with Gasteiger partial charge in [0.25, 0.3) is 0 Å². The Bertz CT molecular complexity index is 516. The molecular formula is C9H9F2NO2S2. The van der Waals surface area contributed by atoms with Crippen LogP contribution < -0.4 is 5.32 Å². The van der Waals surface area contributed by atoms with E-state index in [0.717, 1.165) is 24.3 Å². The second kappa shape index (κ2) is 4.21. The molecule has 1 heterocycles. The Morgan fingerprint density at radius 1 is 1.38 bits per heavy atom. The Labute approximate surface area is 96.4 Å². The molecule has 0 unspecified atom stereocenters. The van der Waals surface area contributed by atoms with Crippen molar-refractivity contribution < 1.29 is 16.7 Å². The number of nitrogens with one attached hydrogen (secondary N) is 1. The molecule has 88 valence electrons. The van der Waals surface area contributed by atoms with Crippen molar-refractivity contribution in [1.82, 2.24) is 0 Å². The van der Waals surface area contributed by atoms with Gasteiger partial charge in [0.15, 0.2) is 0 Å². The SMILES string of the molecule is O=S(=O)(F)c1cc2c(cc1F)NCCCS2. The van der Waals surface area contributed by atoms with Crippen molar-refractivity contribution in [2.45, 2.75) is 16.2 Å². The van der Waals surface area contributed by atoms with E-state index in [4.69, 9.17) is 0 Å². The van der Waals surface area contributed by atoms with Crippen LogP contribution in [0.15, 0.2) is 21.9 Å². The van der Waals surface area contributed by atoms with Crippen molar-refractivity contribution in [3.05, 3.63) is 17.9 Å². The smallest absolute Gasteiger partial charge is 0.335 e. The zero-order valence-corrected chi connectivity index (χ0v) is 9.80. The van der Waals surface area contributed by atoms with Gasteiger partial charge in [-0.3, -0.25) is 0 Å². The summed E-state index contributed by atoms with van der Waals surface area (Å²) in [4.78, 5) is -0.322. The number of thioether (sulfide) groups is 1. The lowest BCUT2D eigenvalue weighted by molar-refractivity contribution is 0.533. The summed E-state index contributed by atoms with van der Waals surface area (Å²) in [7, 11) is -4.99. The second-order valence-corrected chi connectivity index (χ2v) is 5.80. The highest BCUT2D eigenvalue weighted by molar-refractivity contribution is 7.99. The van der Waals surface area contributed by atoms with E-state index >= 15 is 0 Å². The molecule has 2 rings (SSSR count). The van der Waals surface area contributed by atoms with Crippen LogP contribution in [0, 0.1) is 5.82 Å². The van der Waals surface area contributed by atoms with E-state index in [0.29, 0.717) is 17.1 Å². The highest BCUT2D eigenvalue weighted by Gasteiger charge is 2.21. The summed E-state index contributed by atoms with van der Waals surface area (Å²) in [6.45, 7) is 0.696. The zero-order chi connectivity index (χ0) is 11.8. The van der Waals surface area contributed by atoms with E-state index in [1.54, 1.807) is 0 Å². The minimum Gasteiger partial charge on any atom is -0.384 e. The summed E-state index contributed by atoms with van der Waals surface area (Å²) in [5.41, 5.74) is 0.521. The average Bonchev–Trinajstić information content (AvgIpc) is 2.39. The van der Waals surface area contributed by atoms with E-state index < -0.39 is 20.9 Å². The van der Waals surface area contributed by atoms with Crippen molar-refractivity contribution >= 4 is 27.7 Å². The van der Waals surface area contributed by atoms with Crippen LogP contribution in [0.5, 0.6) is 0 Å². The monoisotopic (exact) mass is 265 g/mol. The lowest BCUT2D eigenvalue weighted by atomic mass is 10.3. The summed E-state index contributed by atoms with van der Waals surface area (Å²) in [6.07, 6.45) is 0.888. The number of rotatable bonds is 1. The van der Waals surface area contributed by atoms with Gasteiger partial charge in [0.05, 0.1) is 5.69 Å². The first kappa shape index (κ1) is 11.7. The predicted molar refractivity (Wildman–Crippen MR) is 58.5 cm³/mol. The molecule has 0 saturated heterocycles. The Morgan fingerprint density at radius 3 is 2.81 bits per heavy atom. The van der Waals surface area contributed by atoms with Crippen LogP contribution >= 0.6 is 11.8 Å². The van der Waals surface area contributed by atoms with Crippen LogP contribution in [0.1, 0.15) is 6.42 Å². The van der Waals surface area contributed by atoms with Gasteiger partial charge in [-0.05, 0) is 24.3 Å². The molecule has 0 amide bonds. The van der Waals surface area contributed by atoms with E-state index in [1.807, 2.05) is 0 Å². The molecule has 0 aliphatic carbocycles. The molecule has 3 nitrogen and oxygen atoms in total. The summed E-state index contributed by atoms with van der Waals surface area (Å²) in [5.74, 6) is -0.270. The first-order valence-electron chi connectivity index (χ1n) is 4.63. The van der Waals surface area contributed by atoms with E-state index in [9.17, 15) is 16.7 Å². The van der Waals surface area contributed by atoms with Crippen LogP contribution in [-0.2, 0) is 10.2 Å². The lowest BCUT2D eigenvalue weighted by Gasteiger charge is -2.08. The summed E-state index contributed by atoms with van der Waals surface area (Å²) < 4.78 is 47.5. The van der Waals surface area contributed by atoms with Gasteiger partial charge in [-0.15, -0.1) is 15.6 Å². The Morgan fingerprint density at radius 2 is 2.12 bits per heavy atom. The van der Waals surface area contributed by atoms with Crippen molar-refractivity contribution in [2.75, 3.05) is 17.6 Å². The maximum Gasteiger partial charge on any atom is 0.335 e. The van der Waals surface area contributed by atoms with E-state index in [1.165, 1.54) is 11.8 Å². The largest absolute Gasteiger partial charge is 0.384 e. The van der Waals surface area contributed by atoms with Crippen molar-refractivity contribution in [3.63, 3.8) is 0 Å². The fourth-order valence-electron chi connectivity index (χ4n) is 1.46. The van der Waals surface area contributed by atoms with Crippen molar-refractivity contribution in [1.29, 1.82) is 0 Å². The van der Waals surface area contributed by atoms with Crippen LogP contribution in [-0.4, -0.2) is 20.7 Å². The maximum atomic E-state index is 13.3. The molecule has 1 aliphatic rings. The van der Waals surface area contributed by atoms with Gasteiger partial charge in [0.2, 0.25) is 0 Å². The minimum absolute atomic E-state index is 0.521. The zero-order valence-electron chi connectivity index (χ0n) is 8.16. The molecule has 7 heteroatoms. The predicted octanol–water partition coefficient (Wildman–Crippen LogP) is 2.39.